The summed E-state index contributed by atoms with van der Waals surface area (Å²) in [5, 5.41) is 11.8. The highest BCUT2D eigenvalue weighted by Gasteiger charge is 2.28. The van der Waals surface area contributed by atoms with Crippen molar-refractivity contribution in [2.24, 2.45) is 0 Å². The summed E-state index contributed by atoms with van der Waals surface area (Å²) >= 11 is 0. The van der Waals surface area contributed by atoms with E-state index in [0.717, 1.165) is 18.4 Å². The predicted octanol–water partition coefficient (Wildman–Crippen LogP) is 2.68. The van der Waals surface area contributed by atoms with E-state index in [4.69, 9.17) is 0 Å². The molecule has 1 aromatic heterocycles. The Kier molecular flexibility index (Phi) is 4.23. The lowest BCUT2D eigenvalue weighted by molar-refractivity contribution is 0.101. The van der Waals surface area contributed by atoms with Gasteiger partial charge in [-0.05, 0) is 54.5 Å². The number of Topliss-reactive ketones (excluding diaryl/α,β-unsaturated/α-hetero) is 1. The van der Waals surface area contributed by atoms with Crippen molar-refractivity contribution >= 4 is 21.5 Å². The van der Waals surface area contributed by atoms with Crippen LogP contribution >= 0.6 is 0 Å². The van der Waals surface area contributed by atoms with E-state index in [1.165, 1.54) is 19.1 Å². The lowest BCUT2D eigenvalue weighted by Crippen LogP contribution is -2.13. The number of hydrogen-bond donors (Lipinski definition) is 1. The van der Waals surface area contributed by atoms with Crippen LogP contribution in [0.25, 0.3) is 11.4 Å². The molecule has 3 aromatic rings. The molecule has 1 aliphatic rings. The van der Waals surface area contributed by atoms with Gasteiger partial charge in [-0.2, -0.15) is 0 Å². The van der Waals surface area contributed by atoms with Gasteiger partial charge < -0.3 is 0 Å². The number of aromatic nitrogens is 4. The minimum Gasteiger partial charge on any atom is -0.295 e. The van der Waals surface area contributed by atoms with Crippen LogP contribution in [-0.4, -0.2) is 34.4 Å². The maximum absolute atomic E-state index is 12.7. The topological polar surface area (TPSA) is 107 Å². The minimum absolute atomic E-state index is 0.0309. The quantitative estimate of drug-likeness (QED) is 0.656. The molecular weight excluding hydrogens is 366 g/mol. The lowest BCUT2D eigenvalue weighted by atomic mass is 10.2. The Labute approximate surface area is 156 Å². The van der Waals surface area contributed by atoms with Crippen LogP contribution in [-0.2, 0) is 10.0 Å². The third-order valence-corrected chi connectivity index (χ3v) is 5.69. The molecule has 1 aliphatic carbocycles. The lowest BCUT2D eigenvalue weighted by Gasteiger charge is -2.10. The number of nitrogens with one attached hydrogen (secondary N) is 1. The third kappa shape index (κ3) is 3.59. The van der Waals surface area contributed by atoms with Gasteiger partial charge in [0.2, 0.25) is 0 Å². The first kappa shape index (κ1) is 17.3. The van der Waals surface area contributed by atoms with Crippen molar-refractivity contribution in [2.75, 3.05) is 4.72 Å². The van der Waals surface area contributed by atoms with Gasteiger partial charge in [-0.1, -0.05) is 24.3 Å². The molecular formula is C18H17N5O3S. The summed E-state index contributed by atoms with van der Waals surface area (Å²) in [5.41, 5.74) is 1.46. The van der Waals surface area contributed by atoms with E-state index in [1.54, 1.807) is 35.0 Å². The normalized spacial score (nSPS) is 14.1. The predicted molar refractivity (Wildman–Crippen MR) is 98.8 cm³/mol. The summed E-state index contributed by atoms with van der Waals surface area (Å²) in [6.45, 7) is 1.40. The number of hydrogen-bond acceptors (Lipinski definition) is 6. The van der Waals surface area contributed by atoms with Crippen molar-refractivity contribution in [3.05, 3.63) is 54.1 Å². The van der Waals surface area contributed by atoms with Gasteiger partial charge in [-0.15, -0.1) is 5.10 Å². The highest BCUT2D eigenvalue weighted by atomic mass is 32.2. The van der Waals surface area contributed by atoms with Gasteiger partial charge in [0.15, 0.2) is 11.6 Å². The summed E-state index contributed by atoms with van der Waals surface area (Å²) < 4.78 is 29.7. The summed E-state index contributed by atoms with van der Waals surface area (Å²) in [6, 6.07) is 13.2. The second kappa shape index (κ2) is 6.58. The van der Waals surface area contributed by atoms with Gasteiger partial charge in [0.05, 0.1) is 10.9 Å². The molecule has 0 amide bonds. The molecule has 0 atom stereocenters. The molecule has 1 saturated carbocycles. The van der Waals surface area contributed by atoms with E-state index in [2.05, 4.69) is 20.2 Å². The van der Waals surface area contributed by atoms with Gasteiger partial charge in [0.25, 0.3) is 10.0 Å². The number of benzene rings is 2. The molecule has 27 heavy (non-hydrogen) atoms. The Morgan fingerprint density at radius 1 is 1.15 bits per heavy atom. The first-order chi connectivity index (χ1) is 12.9. The van der Waals surface area contributed by atoms with Crippen molar-refractivity contribution in [1.82, 2.24) is 20.2 Å². The van der Waals surface area contributed by atoms with Crippen LogP contribution in [0.15, 0.2) is 53.4 Å². The SMILES string of the molecule is CC(=O)c1cccc(S(=O)(=O)Nc2cccc(-c3nnnn3C3CC3)c2)c1. The van der Waals surface area contributed by atoms with Crippen molar-refractivity contribution in [3.63, 3.8) is 0 Å². The maximum atomic E-state index is 12.7. The van der Waals surface area contributed by atoms with Crippen LogP contribution in [0, 0.1) is 0 Å². The van der Waals surface area contributed by atoms with Gasteiger partial charge in [0.1, 0.15) is 0 Å². The molecule has 138 valence electrons. The molecule has 0 radical (unpaired) electrons. The van der Waals surface area contributed by atoms with E-state index >= 15 is 0 Å². The van der Waals surface area contributed by atoms with E-state index in [1.807, 2.05) is 6.07 Å². The summed E-state index contributed by atoms with van der Waals surface area (Å²) in [6.07, 6.45) is 2.08. The average Bonchev–Trinajstić information content (AvgIpc) is 3.38. The number of sulfonamides is 1. The van der Waals surface area contributed by atoms with Crippen molar-refractivity contribution < 1.29 is 13.2 Å². The fourth-order valence-electron chi connectivity index (χ4n) is 2.77. The van der Waals surface area contributed by atoms with Crippen LogP contribution in [0.3, 0.4) is 0 Å². The monoisotopic (exact) mass is 383 g/mol. The molecule has 0 spiro atoms. The van der Waals surface area contributed by atoms with Crippen LogP contribution in [0.2, 0.25) is 0 Å². The van der Waals surface area contributed by atoms with Crippen LogP contribution < -0.4 is 4.72 Å². The zero-order valence-corrected chi connectivity index (χ0v) is 15.3. The van der Waals surface area contributed by atoms with Crippen molar-refractivity contribution in [3.8, 4) is 11.4 Å². The Bertz CT molecular complexity index is 1120. The standard InChI is InChI=1S/C18H17N5O3S/c1-12(24)13-4-3-7-17(11-13)27(25,26)20-15-6-2-5-14(10-15)18-19-21-22-23(18)16-8-9-16/h2-7,10-11,16,20H,8-9H2,1H3. The zero-order valence-electron chi connectivity index (χ0n) is 14.5. The summed E-state index contributed by atoms with van der Waals surface area (Å²) in [4.78, 5) is 11.5. The van der Waals surface area contributed by atoms with Gasteiger partial charge in [0, 0.05) is 16.8 Å². The molecule has 1 heterocycles. The zero-order chi connectivity index (χ0) is 19.0. The summed E-state index contributed by atoms with van der Waals surface area (Å²) in [7, 11) is -3.83. The minimum atomic E-state index is -3.83. The molecule has 0 aliphatic heterocycles. The third-order valence-electron chi connectivity index (χ3n) is 4.31. The Morgan fingerprint density at radius 3 is 2.67 bits per heavy atom. The van der Waals surface area contributed by atoms with Crippen molar-refractivity contribution in [1.29, 1.82) is 0 Å². The molecule has 4 rings (SSSR count). The van der Waals surface area contributed by atoms with Crippen LogP contribution in [0.5, 0.6) is 0 Å². The second-order valence-electron chi connectivity index (χ2n) is 6.45. The van der Waals surface area contributed by atoms with E-state index in [-0.39, 0.29) is 10.7 Å². The summed E-state index contributed by atoms with van der Waals surface area (Å²) in [5.74, 6) is 0.415. The van der Waals surface area contributed by atoms with Gasteiger partial charge in [-0.3, -0.25) is 9.52 Å². The number of tetrazole rings is 1. The van der Waals surface area contributed by atoms with Gasteiger partial charge in [-0.25, -0.2) is 13.1 Å². The average molecular weight is 383 g/mol. The largest absolute Gasteiger partial charge is 0.295 e. The fraction of sp³-hybridized carbons (Fsp3) is 0.222. The van der Waals surface area contributed by atoms with Crippen LogP contribution in [0.1, 0.15) is 36.2 Å². The van der Waals surface area contributed by atoms with E-state index in [0.29, 0.717) is 23.1 Å². The molecule has 0 saturated heterocycles. The molecule has 1 fully saturated rings. The number of anilines is 1. The van der Waals surface area contributed by atoms with Crippen LogP contribution in [0.4, 0.5) is 5.69 Å². The Balaban J connectivity index is 1.64. The fourth-order valence-corrected chi connectivity index (χ4v) is 3.86. The molecule has 0 bridgehead atoms. The molecule has 1 N–H and O–H groups in total. The second-order valence-corrected chi connectivity index (χ2v) is 8.13. The van der Waals surface area contributed by atoms with E-state index in [9.17, 15) is 13.2 Å². The van der Waals surface area contributed by atoms with E-state index < -0.39 is 10.0 Å². The Hall–Kier alpha value is -3.07. The molecule has 8 nitrogen and oxygen atoms in total. The number of nitrogens with zero attached hydrogens (tertiary/aromatic N) is 4. The number of ketones is 1. The molecule has 9 heteroatoms. The molecule has 0 unspecified atom stereocenters. The number of carbonyl (C=O) groups is 1. The number of carbonyl (C=O) groups excluding carboxylic acids is 1. The molecule has 2 aromatic carbocycles. The first-order valence-corrected chi connectivity index (χ1v) is 9.94. The highest BCUT2D eigenvalue weighted by Crippen LogP contribution is 2.36. The van der Waals surface area contributed by atoms with Crippen molar-refractivity contribution in [2.45, 2.75) is 30.7 Å². The van der Waals surface area contributed by atoms with Gasteiger partial charge >= 0.3 is 0 Å². The number of rotatable bonds is 6. The smallest absolute Gasteiger partial charge is 0.261 e. The maximum Gasteiger partial charge on any atom is 0.261 e. The first-order valence-electron chi connectivity index (χ1n) is 8.46. The highest BCUT2D eigenvalue weighted by molar-refractivity contribution is 7.92. The Morgan fingerprint density at radius 2 is 1.93 bits per heavy atom.